The standard InChI is InChI=1S/C12H13ClN4O2S/c1-7(14-2)10-6-20-12(16-10)15-9-4-3-8(13)5-11(9)17(18)19/h3-7,14H,1-2H3,(H,15,16). The zero-order valence-corrected chi connectivity index (χ0v) is 12.5. The van der Waals surface area contributed by atoms with Gasteiger partial charge in [0.2, 0.25) is 0 Å². The Bertz CT molecular complexity index is 632. The number of nitro groups is 1. The Morgan fingerprint density at radius 1 is 1.50 bits per heavy atom. The van der Waals surface area contributed by atoms with Gasteiger partial charge in [0, 0.05) is 22.5 Å². The molecule has 0 aliphatic heterocycles. The Hall–Kier alpha value is -1.70. The minimum Gasteiger partial charge on any atom is -0.326 e. The molecule has 1 aromatic heterocycles. The fourth-order valence-corrected chi connectivity index (χ4v) is 2.55. The van der Waals surface area contributed by atoms with Gasteiger partial charge >= 0.3 is 0 Å². The van der Waals surface area contributed by atoms with Crippen molar-refractivity contribution < 1.29 is 4.92 Å². The number of rotatable bonds is 5. The van der Waals surface area contributed by atoms with E-state index in [1.54, 1.807) is 12.1 Å². The molecule has 20 heavy (non-hydrogen) atoms. The zero-order chi connectivity index (χ0) is 14.7. The Kier molecular flexibility index (Phi) is 4.53. The van der Waals surface area contributed by atoms with Crippen LogP contribution in [0.2, 0.25) is 5.02 Å². The van der Waals surface area contributed by atoms with E-state index in [1.807, 2.05) is 19.4 Å². The summed E-state index contributed by atoms with van der Waals surface area (Å²) >= 11 is 7.17. The first-order valence-corrected chi connectivity index (χ1v) is 7.10. The minimum atomic E-state index is -0.473. The summed E-state index contributed by atoms with van der Waals surface area (Å²) in [7, 11) is 1.85. The van der Waals surface area contributed by atoms with Crippen LogP contribution in [0.15, 0.2) is 23.6 Å². The van der Waals surface area contributed by atoms with E-state index >= 15 is 0 Å². The van der Waals surface area contributed by atoms with Crippen LogP contribution in [-0.4, -0.2) is 17.0 Å². The second-order valence-corrected chi connectivity index (χ2v) is 5.43. The summed E-state index contributed by atoms with van der Waals surface area (Å²) in [6.07, 6.45) is 0. The number of benzene rings is 1. The van der Waals surface area contributed by atoms with E-state index < -0.39 is 4.92 Å². The van der Waals surface area contributed by atoms with Gasteiger partial charge in [0.05, 0.1) is 10.6 Å². The lowest BCUT2D eigenvalue weighted by Crippen LogP contribution is -2.12. The molecule has 1 aromatic carbocycles. The maximum atomic E-state index is 11.0. The molecule has 0 bridgehead atoms. The van der Waals surface area contributed by atoms with E-state index in [2.05, 4.69) is 15.6 Å². The molecule has 2 N–H and O–H groups in total. The molecule has 8 heteroatoms. The van der Waals surface area contributed by atoms with Gasteiger partial charge in [-0.05, 0) is 26.1 Å². The number of hydrogen-bond donors (Lipinski definition) is 2. The second-order valence-electron chi connectivity index (χ2n) is 4.13. The highest BCUT2D eigenvalue weighted by Gasteiger charge is 2.16. The summed E-state index contributed by atoms with van der Waals surface area (Å²) in [4.78, 5) is 14.9. The summed E-state index contributed by atoms with van der Waals surface area (Å²) in [6.45, 7) is 1.99. The average molecular weight is 313 g/mol. The van der Waals surface area contributed by atoms with Gasteiger partial charge in [-0.1, -0.05) is 11.6 Å². The topological polar surface area (TPSA) is 80.1 Å². The number of hydrogen-bond acceptors (Lipinski definition) is 6. The number of halogens is 1. The van der Waals surface area contributed by atoms with Crippen LogP contribution < -0.4 is 10.6 Å². The van der Waals surface area contributed by atoms with Gasteiger partial charge in [-0.15, -0.1) is 11.3 Å². The lowest BCUT2D eigenvalue weighted by atomic mass is 10.2. The van der Waals surface area contributed by atoms with Crippen molar-refractivity contribution in [3.63, 3.8) is 0 Å². The van der Waals surface area contributed by atoms with Gasteiger partial charge in [-0.3, -0.25) is 10.1 Å². The van der Waals surface area contributed by atoms with Crippen LogP contribution in [0.3, 0.4) is 0 Å². The van der Waals surface area contributed by atoms with Crippen molar-refractivity contribution >= 4 is 39.4 Å². The highest BCUT2D eigenvalue weighted by atomic mass is 35.5. The number of nitrogens with one attached hydrogen (secondary N) is 2. The molecule has 0 aliphatic rings. The SMILES string of the molecule is CNC(C)c1csc(Nc2ccc(Cl)cc2[N+](=O)[O-])n1. The van der Waals surface area contributed by atoms with Gasteiger partial charge in [-0.25, -0.2) is 4.98 Å². The number of anilines is 2. The Labute approximate surface area is 124 Å². The molecule has 0 fully saturated rings. The maximum absolute atomic E-state index is 11.0. The zero-order valence-electron chi connectivity index (χ0n) is 10.9. The van der Waals surface area contributed by atoms with Gasteiger partial charge in [-0.2, -0.15) is 0 Å². The van der Waals surface area contributed by atoms with Crippen molar-refractivity contribution in [2.75, 3.05) is 12.4 Å². The number of aromatic nitrogens is 1. The highest BCUT2D eigenvalue weighted by Crippen LogP contribution is 2.31. The van der Waals surface area contributed by atoms with Crippen LogP contribution in [0.4, 0.5) is 16.5 Å². The third-order valence-electron chi connectivity index (χ3n) is 2.80. The van der Waals surface area contributed by atoms with E-state index in [0.717, 1.165) is 5.69 Å². The Balaban J connectivity index is 2.26. The molecule has 0 spiro atoms. The summed E-state index contributed by atoms with van der Waals surface area (Å²) in [5.74, 6) is 0. The predicted octanol–water partition coefficient (Wildman–Crippen LogP) is 3.73. The first-order valence-electron chi connectivity index (χ1n) is 5.85. The van der Waals surface area contributed by atoms with E-state index in [0.29, 0.717) is 15.8 Å². The first kappa shape index (κ1) is 14.7. The Morgan fingerprint density at radius 3 is 2.90 bits per heavy atom. The van der Waals surface area contributed by atoms with Crippen molar-refractivity contribution in [2.24, 2.45) is 0 Å². The van der Waals surface area contributed by atoms with Crippen LogP contribution in [0.5, 0.6) is 0 Å². The highest BCUT2D eigenvalue weighted by molar-refractivity contribution is 7.13. The third kappa shape index (κ3) is 3.24. The van der Waals surface area contributed by atoms with Crippen molar-refractivity contribution in [1.29, 1.82) is 0 Å². The summed E-state index contributed by atoms with van der Waals surface area (Å²) in [6, 6.07) is 4.61. The van der Waals surface area contributed by atoms with Crippen LogP contribution in [-0.2, 0) is 0 Å². The molecular formula is C12H13ClN4O2S. The average Bonchev–Trinajstić information content (AvgIpc) is 2.88. The lowest BCUT2D eigenvalue weighted by molar-refractivity contribution is -0.383. The molecule has 0 aliphatic carbocycles. The summed E-state index contributed by atoms with van der Waals surface area (Å²) < 4.78 is 0. The van der Waals surface area contributed by atoms with E-state index in [9.17, 15) is 10.1 Å². The van der Waals surface area contributed by atoms with Crippen LogP contribution >= 0.6 is 22.9 Å². The molecule has 1 atom stereocenters. The van der Waals surface area contributed by atoms with Crippen molar-refractivity contribution in [2.45, 2.75) is 13.0 Å². The van der Waals surface area contributed by atoms with Gasteiger partial charge < -0.3 is 10.6 Å². The largest absolute Gasteiger partial charge is 0.326 e. The van der Waals surface area contributed by atoms with Gasteiger partial charge in [0.15, 0.2) is 5.13 Å². The molecule has 2 rings (SSSR count). The number of thiazole rings is 1. The maximum Gasteiger partial charge on any atom is 0.294 e. The normalized spacial score (nSPS) is 12.2. The molecule has 2 aromatic rings. The molecule has 0 saturated heterocycles. The van der Waals surface area contributed by atoms with Gasteiger partial charge in [0.25, 0.3) is 5.69 Å². The van der Waals surface area contributed by atoms with E-state index in [4.69, 9.17) is 11.6 Å². The van der Waals surface area contributed by atoms with E-state index in [1.165, 1.54) is 17.4 Å². The molecule has 0 radical (unpaired) electrons. The molecule has 106 valence electrons. The van der Waals surface area contributed by atoms with Crippen LogP contribution in [0, 0.1) is 10.1 Å². The summed E-state index contributed by atoms with van der Waals surface area (Å²) in [5, 5.41) is 19.9. The lowest BCUT2D eigenvalue weighted by Gasteiger charge is -2.06. The van der Waals surface area contributed by atoms with Crippen molar-refractivity contribution in [1.82, 2.24) is 10.3 Å². The number of nitro benzene ring substituents is 1. The molecule has 6 nitrogen and oxygen atoms in total. The molecule has 1 unspecified atom stereocenters. The van der Waals surface area contributed by atoms with Gasteiger partial charge in [0.1, 0.15) is 5.69 Å². The second kappa shape index (κ2) is 6.17. The van der Waals surface area contributed by atoms with E-state index in [-0.39, 0.29) is 11.7 Å². The van der Waals surface area contributed by atoms with Crippen LogP contribution in [0.1, 0.15) is 18.7 Å². The fraction of sp³-hybridized carbons (Fsp3) is 0.250. The quantitative estimate of drug-likeness (QED) is 0.649. The molecule has 0 saturated carbocycles. The van der Waals surface area contributed by atoms with Crippen LogP contribution in [0.25, 0.3) is 0 Å². The number of nitrogens with zero attached hydrogens (tertiary/aromatic N) is 2. The smallest absolute Gasteiger partial charge is 0.294 e. The third-order valence-corrected chi connectivity index (χ3v) is 3.81. The monoisotopic (exact) mass is 312 g/mol. The fourth-order valence-electron chi connectivity index (χ4n) is 1.57. The van der Waals surface area contributed by atoms with Crippen molar-refractivity contribution in [3.05, 3.63) is 44.4 Å². The predicted molar refractivity (Wildman–Crippen MR) is 81.0 cm³/mol. The minimum absolute atomic E-state index is 0.0732. The van der Waals surface area contributed by atoms with Crippen molar-refractivity contribution in [3.8, 4) is 0 Å². The Morgan fingerprint density at radius 2 is 2.25 bits per heavy atom. The molecule has 0 amide bonds. The molecular weight excluding hydrogens is 300 g/mol. The summed E-state index contributed by atoms with van der Waals surface area (Å²) in [5.41, 5.74) is 1.19. The first-order chi connectivity index (χ1) is 9.51. The molecule has 1 heterocycles.